The van der Waals surface area contributed by atoms with Crippen molar-refractivity contribution in [1.29, 1.82) is 5.26 Å². The van der Waals surface area contributed by atoms with E-state index in [4.69, 9.17) is 19.5 Å². The number of likely N-dealkylation sites (N-methyl/N-ethyl adjacent to an activating group) is 1. The third kappa shape index (κ3) is 7.38. The highest BCUT2D eigenvalue weighted by Gasteiger charge is 2.30. The lowest BCUT2D eigenvalue weighted by molar-refractivity contribution is -0.119. The van der Waals surface area contributed by atoms with E-state index >= 15 is 0 Å². The minimum absolute atomic E-state index is 0.160. The van der Waals surface area contributed by atoms with Crippen molar-refractivity contribution < 1.29 is 19.0 Å². The normalized spacial score (nSPS) is 15.2. The molecule has 1 amide bonds. The van der Waals surface area contributed by atoms with Crippen LogP contribution in [0.1, 0.15) is 45.0 Å². The second kappa shape index (κ2) is 14.2. The van der Waals surface area contributed by atoms with Crippen molar-refractivity contribution >= 4 is 6.41 Å². The number of fused-ring (bicyclic) bond motifs is 1. The topological polar surface area (TPSA) is 95.8 Å². The Balaban J connectivity index is 0.000000417. The molecule has 5 rings (SSSR count). The maximum absolute atomic E-state index is 12.0. The van der Waals surface area contributed by atoms with E-state index in [0.29, 0.717) is 43.4 Å². The smallest absolute Gasteiger partial charge is 0.210 e. The molecule has 3 aromatic rings. The van der Waals surface area contributed by atoms with Crippen molar-refractivity contribution in [3.63, 3.8) is 0 Å². The lowest BCUT2D eigenvalue weighted by atomic mass is 9.86. The van der Waals surface area contributed by atoms with Crippen molar-refractivity contribution in [2.75, 3.05) is 40.6 Å². The Bertz CT molecular complexity index is 1430. The molecule has 2 aliphatic heterocycles. The summed E-state index contributed by atoms with van der Waals surface area (Å²) in [5.74, 6) is 1.36. The quantitative estimate of drug-likeness (QED) is 0.375. The van der Waals surface area contributed by atoms with Crippen LogP contribution < -0.4 is 20.1 Å². The number of rotatable bonds is 9. The first-order chi connectivity index (χ1) is 20.0. The van der Waals surface area contributed by atoms with Gasteiger partial charge in [-0.25, -0.2) is 0 Å². The molecule has 3 aromatic carbocycles. The molecule has 1 atom stereocenters. The molecular formula is C33H38N4O4. The van der Waals surface area contributed by atoms with E-state index in [1.165, 1.54) is 11.1 Å². The second-order valence-electron chi connectivity index (χ2n) is 10.1. The molecular weight excluding hydrogens is 516 g/mol. The lowest BCUT2D eigenvalue weighted by Gasteiger charge is -2.36. The number of amides is 1. The molecule has 41 heavy (non-hydrogen) atoms. The summed E-state index contributed by atoms with van der Waals surface area (Å²) in [5.41, 5.74) is 8.53. The van der Waals surface area contributed by atoms with Crippen LogP contribution in [-0.2, 0) is 22.4 Å². The van der Waals surface area contributed by atoms with Crippen molar-refractivity contribution in [1.82, 2.24) is 15.5 Å². The number of aryl methyl sites for hydroxylation is 2. The van der Waals surface area contributed by atoms with Gasteiger partial charge in [0, 0.05) is 19.5 Å². The van der Waals surface area contributed by atoms with Crippen LogP contribution in [0.15, 0.2) is 66.6 Å². The van der Waals surface area contributed by atoms with Gasteiger partial charge in [-0.05, 0) is 79.4 Å². The molecule has 8 nitrogen and oxygen atoms in total. The molecule has 0 aromatic heterocycles. The number of hydrogen-bond acceptors (Lipinski definition) is 7. The summed E-state index contributed by atoms with van der Waals surface area (Å²) in [6.45, 7) is 6.77. The molecule has 8 heteroatoms. The molecule has 0 aliphatic carbocycles. The number of carbonyl (C=O) groups excluding carboxylic acids is 1. The molecule has 0 bridgehead atoms. The number of benzene rings is 3. The summed E-state index contributed by atoms with van der Waals surface area (Å²) in [5, 5.41) is 15.1. The van der Waals surface area contributed by atoms with E-state index in [1.54, 1.807) is 19.4 Å². The van der Waals surface area contributed by atoms with Gasteiger partial charge in [-0.2, -0.15) is 5.26 Å². The maximum atomic E-state index is 12.0. The van der Waals surface area contributed by atoms with Crippen LogP contribution in [-0.4, -0.2) is 51.9 Å². The summed E-state index contributed by atoms with van der Waals surface area (Å²) in [7, 11) is 3.55. The van der Waals surface area contributed by atoms with Crippen molar-refractivity contribution in [2.45, 2.75) is 32.7 Å². The average molecular weight is 555 g/mol. The highest BCUT2D eigenvalue weighted by Crippen LogP contribution is 2.41. The third-order valence-electron chi connectivity index (χ3n) is 7.23. The van der Waals surface area contributed by atoms with Crippen LogP contribution >= 0.6 is 0 Å². The van der Waals surface area contributed by atoms with Gasteiger partial charge in [0.15, 0.2) is 18.2 Å². The van der Waals surface area contributed by atoms with E-state index in [0.717, 1.165) is 47.3 Å². The zero-order chi connectivity index (χ0) is 29.2. The van der Waals surface area contributed by atoms with E-state index < -0.39 is 0 Å². The minimum Gasteiger partial charge on any atom is -0.493 e. The van der Waals surface area contributed by atoms with Crippen LogP contribution in [0.2, 0.25) is 0 Å². The molecule has 0 radical (unpaired) electrons. The van der Waals surface area contributed by atoms with Gasteiger partial charge in [-0.15, -0.1) is 0 Å². The van der Waals surface area contributed by atoms with Gasteiger partial charge in [0.1, 0.15) is 6.26 Å². The van der Waals surface area contributed by atoms with E-state index in [-0.39, 0.29) is 6.04 Å². The van der Waals surface area contributed by atoms with E-state index in [2.05, 4.69) is 48.7 Å². The number of methoxy groups -OCH3 is 1. The summed E-state index contributed by atoms with van der Waals surface area (Å²) in [4.78, 5) is 13.8. The zero-order valence-corrected chi connectivity index (χ0v) is 24.2. The van der Waals surface area contributed by atoms with Gasteiger partial charge >= 0.3 is 0 Å². The first kappa shape index (κ1) is 29.5. The summed E-state index contributed by atoms with van der Waals surface area (Å²) < 4.78 is 16.7. The SMILES string of the molecule is CNCC1=COCN1.COc1cc2c(cc1OCCc1cccc(C#N)c1)C(c1ccc(C)cc1C)N(C=O)CC2. The first-order valence-corrected chi connectivity index (χ1v) is 13.8. The van der Waals surface area contributed by atoms with E-state index in [9.17, 15) is 4.79 Å². The van der Waals surface area contributed by atoms with Crippen LogP contribution in [0.5, 0.6) is 11.5 Å². The Morgan fingerprint density at radius 3 is 2.68 bits per heavy atom. The Labute approximate surface area is 242 Å². The number of hydrogen-bond donors (Lipinski definition) is 2. The fraction of sp³-hybridized carbons (Fsp3) is 0.333. The number of nitriles is 1. The molecule has 2 heterocycles. The van der Waals surface area contributed by atoms with Crippen molar-refractivity contribution in [3.8, 4) is 17.6 Å². The Kier molecular flexibility index (Phi) is 10.2. The fourth-order valence-corrected chi connectivity index (χ4v) is 5.20. The number of ether oxygens (including phenoxy) is 3. The highest BCUT2D eigenvalue weighted by molar-refractivity contribution is 5.58. The van der Waals surface area contributed by atoms with Crippen LogP contribution in [0.3, 0.4) is 0 Å². The van der Waals surface area contributed by atoms with Crippen LogP contribution in [0, 0.1) is 25.2 Å². The minimum atomic E-state index is -0.160. The number of nitrogens with one attached hydrogen (secondary N) is 2. The summed E-state index contributed by atoms with van der Waals surface area (Å²) >= 11 is 0. The Morgan fingerprint density at radius 1 is 1.15 bits per heavy atom. The van der Waals surface area contributed by atoms with Gasteiger partial charge in [0.25, 0.3) is 0 Å². The third-order valence-corrected chi connectivity index (χ3v) is 7.23. The lowest BCUT2D eigenvalue weighted by Crippen LogP contribution is -2.35. The molecule has 0 saturated heterocycles. The Hall–Kier alpha value is -4.48. The summed E-state index contributed by atoms with van der Waals surface area (Å²) in [6.07, 6.45) is 4.13. The van der Waals surface area contributed by atoms with E-state index in [1.807, 2.05) is 42.3 Å². The molecule has 0 spiro atoms. The van der Waals surface area contributed by atoms with Crippen molar-refractivity contribution in [2.24, 2.45) is 0 Å². The monoisotopic (exact) mass is 554 g/mol. The molecule has 2 aliphatic rings. The van der Waals surface area contributed by atoms with Crippen LogP contribution in [0.25, 0.3) is 0 Å². The predicted molar refractivity (Wildman–Crippen MR) is 159 cm³/mol. The van der Waals surface area contributed by atoms with Gasteiger partial charge in [0.2, 0.25) is 6.41 Å². The van der Waals surface area contributed by atoms with Gasteiger partial charge in [-0.3, -0.25) is 4.79 Å². The highest BCUT2D eigenvalue weighted by atomic mass is 16.5. The molecule has 0 saturated carbocycles. The number of nitrogens with zero attached hydrogens (tertiary/aromatic N) is 2. The number of carbonyl (C=O) groups is 1. The molecule has 214 valence electrons. The van der Waals surface area contributed by atoms with Gasteiger partial charge in [-0.1, -0.05) is 35.9 Å². The molecule has 0 fully saturated rings. The standard InChI is InChI=1S/C28H28N2O3.C5H10N2O/c1-19-7-8-24(20(2)13-19)28-25-16-27(26(32-3)15-23(25)9-11-30(28)18-31)33-12-10-21-5-4-6-22(14-21)17-29;1-6-2-5-3-8-4-7-5/h4-8,13-16,18,28H,9-12H2,1-3H3;3,6-7H,2,4H2,1H3. The molecule has 1 unspecified atom stereocenters. The summed E-state index contributed by atoms with van der Waals surface area (Å²) in [6, 6.07) is 20.0. The maximum Gasteiger partial charge on any atom is 0.210 e. The van der Waals surface area contributed by atoms with Crippen molar-refractivity contribution in [3.05, 3.63) is 106 Å². The second-order valence-corrected chi connectivity index (χ2v) is 10.1. The van der Waals surface area contributed by atoms with Gasteiger partial charge < -0.3 is 29.7 Å². The Morgan fingerprint density at radius 2 is 2.00 bits per heavy atom. The van der Waals surface area contributed by atoms with Gasteiger partial charge in [0.05, 0.1) is 37.1 Å². The largest absolute Gasteiger partial charge is 0.493 e. The predicted octanol–water partition coefficient (Wildman–Crippen LogP) is 4.53. The molecule has 2 N–H and O–H groups in total. The fourth-order valence-electron chi connectivity index (χ4n) is 5.20. The first-order valence-electron chi connectivity index (χ1n) is 13.8. The average Bonchev–Trinajstić information content (AvgIpc) is 3.50. The van der Waals surface area contributed by atoms with Crippen LogP contribution in [0.4, 0.5) is 0 Å². The zero-order valence-electron chi connectivity index (χ0n) is 24.2.